The molecule has 2 aliphatic rings. The summed E-state index contributed by atoms with van der Waals surface area (Å²) in [5.74, 6) is 1.78. The number of rotatable bonds is 5. The molecule has 1 aromatic heterocycles. The fourth-order valence-electron chi connectivity index (χ4n) is 5.17. The summed E-state index contributed by atoms with van der Waals surface area (Å²) in [5.41, 5.74) is 8.74. The molecule has 6 nitrogen and oxygen atoms in total. The summed E-state index contributed by atoms with van der Waals surface area (Å²) >= 11 is 0. The molecule has 170 valence electrons. The van der Waals surface area contributed by atoms with Crippen molar-refractivity contribution in [2.45, 2.75) is 30.8 Å². The molecule has 1 spiro atoms. The molecule has 2 aromatic carbocycles. The number of aromatic nitrogens is 1. The van der Waals surface area contributed by atoms with Gasteiger partial charge in [-0.25, -0.2) is 4.98 Å². The molecule has 2 aliphatic heterocycles. The molecular weight excluding hydrogens is 412 g/mol. The minimum atomic E-state index is -0.508. The van der Waals surface area contributed by atoms with E-state index in [1.54, 1.807) is 12.3 Å². The second-order valence-corrected chi connectivity index (χ2v) is 9.08. The number of hydrogen-bond donors (Lipinski definition) is 1. The average molecular weight is 443 g/mol. The van der Waals surface area contributed by atoms with Crippen molar-refractivity contribution in [3.05, 3.63) is 84.1 Å². The molecule has 33 heavy (non-hydrogen) atoms. The number of fused-ring (bicyclic) bond motifs is 2. The van der Waals surface area contributed by atoms with E-state index in [4.69, 9.17) is 10.5 Å². The van der Waals surface area contributed by atoms with Gasteiger partial charge < -0.3 is 20.3 Å². The Kier molecular flexibility index (Phi) is 5.67. The van der Waals surface area contributed by atoms with Crippen LogP contribution in [0.2, 0.25) is 0 Å². The maximum Gasteiger partial charge on any atom is 0.264 e. The van der Waals surface area contributed by atoms with E-state index in [2.05, 4.69) is 28.1 Å². The first-order chi connectivity index (χ1) is 16.1. The van der Waals surface area contributed by atoms with Gasteiger partial charge >= 0.3 is 0 Å². The summed E-state index contributed by atoms with van der Waals surface area (Å²) in [4.78, 5) is 22.2. The predicted molar refractivity (Wildman–Crippen MR) is 130 cm³/mol. The van der Waals surface area contributed by atoms with Gasteiger partial charge in [0, 0.05) is 55.6 Å². The van der Waals surface area contributed by atoms with Crippen LogP contribution in [0.5, 0.6) is 5.75 Å². The molecule has 1 fully saturated rings. The van der Waals surface area contributed by atoms with Gasteiger partial charge in [0.15, 0.2) is 6.10 Å². The van der Waals surface area contributed by atoms with Gasteiger partial charge in [-0.05, 0) is 37.0 Å². The third-order valence-corrected chi connectivity index (χ3v) is 7.10. The average Bonchev–Trinajstić information content (AvgIpc) is 3.17. The first kappa shape index (κ1) is 21.3. The second-order valence-electron chi connectivity index (χ2n) is 9.08. The van der Waals surface area contributed by atoms with E-state index in [-0.39, 0.29) is 11.3 Å². The van der Waals surface area contributed by atoms with Gasteiger partial charge in [-0.15, -0.1) is 0 Å². The number of likely N-dealkylation sites (N-methyl/N-ethyl adjacent to an activating group) is 1. The number of nitrogens with two attached hydrogens (primary N) is 1. The SMILES string of the molecule is CN(CCc1ccccc1)C(=O)C1Oc2ccccc2C12CCN(c1cc(N)ccn1)CC2. The van der Waals surface area contributed by atoms with Gasteiger partial charge in [-0.3, -0.25) is 4.79 Å². The molecule has 3 heterocycles. The van der Waals surface area contributed by atoms with Gasteiger partial charge in [0.05, 0.1) is 0 Å². The monoisotopic (exact) mass is 442 g/mol. The van der Waals surface area contributed by atoms with Crippen LogP contribution in [0.4, 0.5) is 11.5 Å². The summed E-state index contributed by atoms with van der Waals surface area (Å²) in [7, 11) is 1.89. The molecule has 0 saturated carbocycles. The molecular formula is C27H30N4O2. The Hall–Kier alpha value is -3.54. The Morgan fingerprint density at radius 1 is 1.12 bits per heavy atom. The number of anilines is 2. The smallest absolute Gasteiger partial charge is 0.264 e. The lowest BCUT2D eigenvalue weighted by Crippen LogP contribution is -2.54. The molecule has 0 bridgehead atoms. The normalized spacial score (nSPS) is 18.6. The van der Waals surface area contributed by atoms with E-state index in [1.165, 1.54) is 5.56 Å². The number of nitrogen functional groups attached to an aromatic ring is 1. The van der Waals surface area contributed by atoms with Crippen LogP contribution in [0.15, 0.2) is 72.9 Å². The number of ether oxygens (including phenoxy) is 1. The number of benzene rings is 2. The predicted octanol–water partition coefficient (Wildman–Crippen LogP) is 3.66. The van der Waals surface area contributed by atoms with E-state index in [9.17, 15) is 4.79 Å². The number of hydrogen-bond acceptors (Lipinski definition) is 5. The Labute approximate surface area is 195 Å². The number of para-hydroxylation sites is 1. The van der Waals surface area contributed by atoms with Crippen molar-refractivity contribution in [1.29, 1.82) is 0 Å². The van der Waals surface area contributed by atoms with Crippen LogP contribution in [0, 0.1) is 0 Å². The summed E-state index contributed by atoms with van der Waals surface area (Å²) in [6.07, 6.45) is 3.71. The maximum absolute atomic E-state index is 13.7. The van der Waals surface area contributed by atoms with E-state index >= 15 is 0 Å². The van der Waals surface area contributed by atoms with Crippen molar-refractivity contribution in [2.75, 3.05) is 37.3 Å². The Balaban J connectivity index is 1.35. The largest absolute Gasteiger partial charge is 0.479 e. The van der Waals surface area contributed by atoms with E-state index in [1.807, 2.05) is 54.4 Å². The van der Waals surface area contributed by atoms with Crippen LogP contribution >= 0.6 is 0 Å². The van der Waals surface area contributed by atoms with Crippen LogP contribution in [0.3, 0.4) is 0 Å². The maximum atomic E-state index is 13.7. The molecule has 1 amide bonds. The highest BCUT2D eigenvalue weighted by atomic mass is 16.5. The molecule has 0 radical (unpaired) electrons. The third kappa shape index (κ3) is 4.01. The van der Waals surface area contributed by atoms with Crippen LogP contribution in [0.25, 0.3) is 0 Å². The second kappa shape index (κ2) is 8.77. The number of amides is 1. The van der Waals surface area contributed by atoms with Crippen molar-refractivity contribution >= 4 is 17.4 Å². The first-order valence-corrected chi connectivity index (χ1v) is 11.6. The summed E-state index contributed by atoms with van der Waals surface area (Å²) in [6, 6.07) is 22.1. The van der Waals surface area contributed by atoms with Gasteiger partial charge in [0.2, 0.25) is 0 Å². The van der Waals surface area contributed by atoms with Crippen molar-refractivity contribution in [3.63, 3.8) is 0 Å². The quantitative estimate of drug-likeness (QED) is 0.653. The molecule has 2 N–H and O–H groups in total. The fourth-order valence-corrected chi connectivity index (χ4v) is 5.17. The Bertz CT molecular complexity index is 1130. The lowest BCUT2D eigenvalue weighted by Gasteiger charge is -2.42. The zero-order valence-electron chi connectivity index (χ0n) is 19.0. The fraction of sp³-hybridized carbons (Fsp3) is 0.333. The van der Waals surface area contributed by atoms with Crippen LogP contribution in [-0.4, -0.2) is 48.6 Å². The van der Waals surface area contributed by atoms with Crippen LogP contribution < -0.4 is 15.4 Å². The zero-order chi connectivity index (χ0) is 22.8. The van der Waals surface area contributed by atoms with Crippen LogP contribution in [0.1, 0.15) is 24.0 Å². The summed E-state index contributed by atoms with van der Waals surface area (Å²) < 4.78 is 6.35. The number of carbonyl (C=O) groups excluding carboxylic acids is 1. The van der Waals surface area contributed by atoms with Gasteiger partial charge in [0.25, 0.3) is 5.91 Å². The highest BCUT2D eigenvalue weighted by Gasteiger charge is 2.54. The highest BCUT2D eigenvalue weighted by Crippen LogP contribution is 2.50. The minimum absolute atomic E-state index is 0.0534. The summed E-state index contributed by atoms with van der Waals surface area (Å²) in [5, 5.41) is 0. The minimum Gasteiger partial charge on any atom is -0.479 e. The lowest BCUT2D eigenvalue weighted by atomic mass is 9.69. The molecule has 1 unspecified atom stereocenters. The van der Waals surface area contributed by atoms with Crippen LogP contribution in [-0.2, 0) is 16.6 Å². The van der Waals surface area contributed by atoms with Crippen molar-refractivity contribution in [3.8, 4) is 5.75 Å². The standard InChI is InChI=1S/C27H30N4O2/c1-30(16-12-20-7-3-2-4-8-20)26(32)25-27(22-9-5-6-10-23(22)33-25)13-17-31(18-14-27)24-19-21(28)11-15-29-24/h2-11,15,19,25H,12-14,16-18H2,1H3,(H2,28,29). The zero-order valence-corrected chi connectivity index (χ0v) is 19.0. The first-order valence-electron chi connectivity index (χ1n) is 11.6. The number of pyridine rings is 1. The highest BCUT2D eigenvalue weighted by molar-refractivity contribution is 5.85. The van der Waals surface area contributed by atoms with Crippen molar-refractivity contribution in [2.24, 2.45) is 0 Å². The van der Waals surface area contributed by atoms with Crippen molar-refractivity contribution < 1.29 is 9.53 Å². The van der Waals surface area contributed by atoms with E-state index in [0.717, 1.165) is 49.5 Å². The third-order valence-electron chi connectivity index (χ3n) is 7.10. The van der Waals surface area contributed by atoms with E-state index in [0.29, 0.717) is 12.2 Å². The molecule has 1 saturated heterocycles. The van der Waals surface area contributed by atoms with Crippen molar-refractivity contribution in [1.82, 2.24) is 9.88 Å². The molecule has 0 aliphatic carbocycles. The molecule has 6 heteroatoms. The Morgan fingerprint density at radius 3 is 2.61 bits per heavy atom. The number of piperidine rings is 1. The number of nitrogens with zero attached hydrogens (tertiary/aromatic N) is 3. The topological polar surface area (TPSA) is 71.7 Å². The van der Waals surface area contributed by atoms with E-state index < -0.39 is 6.10 Å². The molecule has 3 aromatic rings. The summed E-state index contributed by atoms with van der Waals surface area (Å²) in [6.45, 7) is 2.26. The lowest BCUT2D eigenvalue weighted by molar-refractivity contribution is -0.140. The van der Waals surface area contributed by atoms with Gasteiger partial charge in [-0.1, -0.05) is 48.5 Å². The molecule has 5 rings (SSSR count). The molecule has 1 atom stereocenters. The van der Waals surface area contributed by atoms with Gasteiger partial charge in [-0.2, -0.15) is 0 Å². The Morgan fingerprint density at radius 2 is 1.85 bits per heavy atom. The number of carbonyl (C=O) groups is 1. The van der Waals surface area contributed by atoms with Gasteiger partial charge in [0.1, 0.15) is 11.6 Å².